The van der Waals surface area contributed by atoms with E-state index in [0.29, 0.717) is 24.6 Å². The van der Waals surface area contributed by atoms with E-state index in [1.54, 1.807) is 12.1 Å². The molecule has 1 atom stereocenters. The van der Waals surface area contributed by atoms with Crippen molar-refractivity contribution in [3.63, 3.8) is 0 Å². The van der Waals surface area contributed by atoms with Crippen molar-refractivity contribution in [1.29, 1.82) is 0 Å². The zero-order valence-corrected chi connectivity index (χ0v) is 14.3. The number of hydrogen-bond donors (Lipinski definition) is 2. The molecule has 128 valence electrons. The summed E-state index contributed by atoms with van der Waals surface area (Å²) in [5.41, 5.74) is 7.47. The highest BCUT2D eigenvalue weighted by atomic mass is 35.5. The summed E-state index contributed by atoms with van der Waals surface area (Å²) >= 11 is 0. The summed E-state index contributed by atoms with van der Waals surface area (Å²) < 4.78 is 5.73. The smallest absolute Gasteiger partial charge is 0.251 e. The molecule has 3 N–H and O–H groups in total. The largest absolute Gasteiger partial charge is 0.489 e. The van der Waals surface area contributed by atoms with Crippen LogP contribution in [0.3, 0.4) is 0 Å². The molecule has 0 spiro atoms. The van der Waals surface area contributed by atoms with E-state index in [1.807, 2.05) is 42.5 Å². The lowest BCUT2D eigenvalue weighted by Gasteiger charge is -2.16. The molecule has 1 fully saturated rings. The summed E-state index contributed by atoms with van der Waals surface area (Å²) in [6.45, 7) is 1.01. The molecule has 1 aliphatic rings. The Morgan fingerprint density at radius 1 is 1.12 bits per heavy atom. The van der Waals surface area contributed by atoms with Crippen LogP contribution in [0.2, 0.25) is 0 Å². The minimum atomic E-state index is -0.0676. The van der Waals surface area contributed by atoms with E-state index in [2.05, 4.69) is 5.32 Å². The van der Waals surface area contributed by atoms with E-state index >= 15 is 0 Å². The molecule has 0 heterocycles. The highest BCUT2D eigenvalue weighted by Crippen LogP contribution is 2.32. The summed E-state index contributed by atoms with van der Waals surface area (Å²) in [6, 6.07) is 17.3. The van der Waals surface area contributed by atoms with Gasteiger partial charge in [-0.3, -0.25) is 4.79 Å². The number of halogens is 1. The van der Waals surface area contributed by atoms with Gasteiger partial charge in [-0.15, -0.1) is 12.4 Å². The van der Waals surface area contributed by atoms with Crippen LogP contribution >= 0.6 is 12.4 Å². The molecule has 24 heavy (non-hydrogen) atoms. The van der Waals surface area contributed by atoms with Crippen molar-refractivity contribution >= 4 is 18.3 Å². The zero-order valence-electron chi connectivity index (χ0n) is 13.5. The number of nitrogens with one attached hydrogen (secondary N) is 1. The molecule has 1 saturated carbocycles. The topological polar surface area (TPSA) is 64.3 Å². The molecule has 1 unspecified atom stereocenters. The molecular formula is C19H23ClN2O2. The lowest BCUT2D eigenvalue weighted by atomic mass is 10.1. The van der Waals surface area contributed by atoms with Crippen LogP contribution in [-0.4, -0.2) is 18.5 Å². The van der Waals surface area contributed by atoms with E-state index in [-0.39, 0.29) is 24.4 Å². The number of amides is 1. The van der Waals surface area contributed by atoms with Crippen LogP contribution in [0.5, 0.6) is 5.75 Å². The molecule has 0 bridgehead atoms. The molecule has 0 saturated heterocycles. The average Bonchev–Trinajstić information content (AvgIpc) is 3.44. The van der Waals surface area contributed by atoms with Gasteiger partial charge in [0.2, 0.25) is 0 Å². The van der Waals surface area contributed by atoms with Gasteiger partial charge in [0.15, 0.2) is 0 Å². The fraction of sp³-hybridized carbons (Fsp3) is 0.316. The minimum absolute atomic E-state index is 0. The summed E-state index contributed by atoms with van der Waals surface area (Å²) in [7, 11) is 0. The van der Waals surface area contributed by atoms with Crippen molar-refractivity contribution in [1.82, 2.24) is 5.32 Å². The Kier molecular flexibility index (Phi) is 6.64. The van der Waals surface area contributed by atoms with Gasteiger partial charge in [0.1, 0.15) is 12.4 Å². The summed E-state index contributed by atoms with van der Waals surface area (Å²) in [5.74, 6) is 1.24. The Morgan fingerprint density at radius 2 is 1.79 bits per heavy atom. The molecule has 1 aliphatic carbocycles. The highest BCUT2D eigenvalue weighted by molar-refractivity contribution is 5.94. The first-order chi connectivity index (χ1) is 11.3. The lowest BCUT2D eigenvalue weighted by molar-refractivity contribution is 0.0933. The van der Waals surface area contributed by atoms with Gasteiger partial charge in [0.25, 0.3) is 5.91 Å². The van der Waals surface area contributed by atoms with Crippen LogP contribution in [0.1, 0.15) is 28.8 Å². The molecular weight excluding hydrogens is 324 g/mol. The van der Waals surface area contributed by atoms with Crippen LogP contribution in [0, 0.1) is 5.92 Å². The van der Waals surface area contributed by atoms with E-state index in [1.165, 1.54) is 0 Å². The standard InChI is InChI=1S/C19H22N2O2.ClH/c20-12-18(15-6-7-15)21-19(22)16-8-10-17(11-9-16)23-13-14-4-2-1-3-5-14;/h1-5,8-11,15,18H,6-7,12-13,20H2,(H,21,22);1H. The van der Waals surface area contributed by atoms with Crippen molar-refractivity contribution in [2.45, 2.75) is 25.5 Å². The molecule has 4 nitrogen and oxygen atoms in total. The van der Waals surface area contributed by atoms with Crippen molar-refractivity contribution in [2.75, 3.05) is 6.54 Å². The number of carbonyl (C=O) groups excluding carboxylic acids is 1. The van der Waals surface area contributed by atoms with E-state index in [4.69, 9.17) is 10.5 Å². The second-order valence-corrected chi connectivity index (χ2v) is 5.95. The first-order valence-electron chi connectivity index (χ1n) is 8.04. The van der Waals surface area contributed by atoms with Gasteiger partial charge >= 0.3 is 0 Å². The molecule has 2 aromatic rings. The number of rotatable bonds is 7. The summed E-state index contributed by atoms with van der Waals surface area (Å²) in [6.07, 6.45) is 2.32. The van der Waals surface area contributed by atoms with Gasteiger partial charge in [-0.25, -0.2) is 0 Å². The van der Waals surface area contributed by atoms with Crippen molar-refractivity contribution in [3.05, 3.63) is 65.7 Å². The average molecular weight is 347 g/mol. The number of benzene rings is 2. The molecule has 0 aromatic heterocycles. The van der Waals surface area contributed by atoms with Crippen molar-refractivity contribution in [2.24, 2.45) is 11.7 Å². The Bertz CT molecular complexity index is 642. The highest BCUT2D eigenvalue weighted by Gasteiger charge is 2.31. The second-order valence-electron chi connectivity index (χ2n) is 5.95. The van der Waals surface area contributed by atoms with Gasteiger partial charge in [0, 0.05) is 18.2 Å². The van der Waals surface area contributed by atoms with Gasteiger partial charge in [-0.2, -0.15) is 0 Å². The quantitative estimate of drug-likeness (QED) is 0.809. The first-order valence-corrected chi connectivity index (χ1v) is 8.04. The fourth-order valence-electron chi connectivity index (χ4n) is 2.56. The number of ether oxygens (including phenoxy) is 1. The number of nitrogens with two attached hydrogens (primary N) is 1. The molecule has 0 radical (unpaired) electrons. The van der Waals surface area contributed by atoms with Crippen molar-refractivity contribution < 1.29 is 9.53 Å². The zero-order chi connectivity index (χ0) is 16.1. The normalized spacial score (nSPS) is 14.4. The molecule has 1 amide bonds. The molecule has 2 aromatic carbocycles. The SMILES string of the molecule is Cl.NCC(NC(=O)c1ccc(OCc2ccccc2)cc1)C1CC1. The van der Waals surface area contributed by atoms with Gasteiger partial charge in [0.05, 0.1) is 0 Å². The monoisotopic (exact) mass is 346 g/mol. The second kappa shape index (κ2) is 8.71. The maximum absolute atomic E-state index is 12.2. The Hall–Kier alpha value is -2.04. The first kappa shape index (κ1) is 18.3. The van der Waals surface area contributed by atoms with Crippen LogP contribution in [0.15, 0.2) is 54.6 Å². The third-order valence-corrected chi connectivity index (χ3v) is 4.13. The minimum Gasteiger partial charge on any atom is -0.489 e. The van der Waals surface area contributed by atoms with E-state index in [9.17, 15) is 4.79 Å². The number of carbonyl (C=O) groups is 1. The Labute approximate surface area is 148 Å². The predicted molar refractivity (Wildman–Crippen MR) is 97.5 cm³/mol. The third kappa shape index (κ3) is 4.98. The van der Waals surface area contributed by atoms with E-state index < -0.39 is 0 Å². The fourth-order valence-corrected chi connectivity index (χ4v) is 2.56. The van der Waals surface area contributed by atoms with Crippen LogP contribution in [0.25, 0.3) is 0 Å². The van der Waals surface area contributed by atoms with Crippen LogP contribution in [-0.2, 0) is 6.61 Å². The van der Waals surface area contributed by atoms with Gasteiger partial charge in [-0.05, 0) is 48.6 Å². The number of hydrogen-bond acceptors (Lipinski definition) is 3. The summed E-state index contributed by atoms with van der Waals surface area (Å²) in [4.78, 5) is 12.2. The Morgan fingerprint density at radius 3 is 2.38 bits per heavy atom. The van der Waals surface area contributed by atoms with Gasteiger partial charge in [-0.1, -0.05) is 30.3 Å². The van der Waals surface area contributed by atoms with Crippen LogP contribution in [0.4, 0.5) is 0 Å². The van der Waals surface area contributed by atoms with Gasteiger partial charge < -0.3 is 15.8 Å². The molecule has 3 rings (SSSR count). The third-order valence-electron chi connectivity index (χ3n) is 4.13. The van der Waals surface area contributed by atoms with Crippen molar-refractivity contribution in [3.8, 4) is 5.75 Å². The predicted octanol–water partition coefficient (Wildman–Crippen LogP) is 3.15. The maximum atomic E-state index is 12.2. The molecule has 0 aliphatic heterocycles. The Balaban J connectivity index is 0.00000208. The van der Waals surface area contributed by atoms with E-state index in [0.717, 1.165) is 24.2 Å². The summed E-state index contributed by atoms with van der Waals surface area (Å²) in [5, 5.41) is 3.02. The van der Waals surface area contributed by atoms with Crippen LogP contribution < -0.4 is 15.8 Å². The maximum Gasteiger partial charge on any atom is 0.251 e. The molecule has 5 heteroatoms. The lowest BCUT2D eigenvalue weighted by Crippen LogP contribution is -2.41.